The third kappa shape index (κ3) is 6.64. The number of halogens is 1. The predicted molar refractivity (Wildman–Crippen MR) is 123 cm³/mol. The van der Waals surface area contributed by atoms with Crippen LogP contribution < -0.4 is 15.5 Å². The topological polar surface area (TPSA) is 92.8 Å². The highest BCUT2D eigenvalue weighted by molar-refractivity contribution is 7.20. The summed E-state index contributed by atoms with van der Waals surface area (Å²) in [6, 6.07) is 6.13. The molecule has 1 aliphatic heterocycles. The fourth-order valence-corrected chi connectivity index (χ4v) is 4.06. The van der Waals surface area contributed by atoms with Crippen molar-refractivity contribution in [2.24, 2.45) is 5.92 Å². The van der Waals surface area contributed by atoms with Crippen LogP contribution >= 0.6 is 11.3 Å². The molecule has 1 fully saturated rings. The first-order valence-electron chi connectivity index (χ1n) is 10.5. The summed E-state index contributed by atoms with van der Waals surface area (Å²) >= 11 is 1.36. The van der Waals surface area contributed by atoms with E-state index in [-0.39, 0.29) is 18.3 Å². The summed E-state index contributed by atoms with van der Waals surface area (Å²) < 4.78 is 24.0. The highest BCUT2D eigenvalue weighted by Gasteiger charge is 2.24. The van der Waals surface area contributed by atoms with Crippen LogP contribution in [0.15, 0.2) is 24.3 Å². The Bertz CT molecular complexity index is 936. The van der Waals surface area contributed by atoms with Crippen LogP contribution in [0.1, 0.15) is 27.7 Å². The molecule has 174 valence electrons. The molecular formula is C22H29FN4O4S. The van der Waals surface area contributed by atoms with Crippen molar-refractivity contribution in [3.05, 3.63) is 30.1 Å². The Kier molecular flexibility index (Phi) is 7.68. The lowest BCUT2D eigenvalue weighted by Gasteiger charge is -2.28. The number of carbonyl (C=O) groups excluding carboxylic acids is 2. The molecule has 1 aromatic heterocycles. The number of aromatic nitrogens is 1. The molecule has 0 radical (unpaired) electrons. The van der Waals surface area contributed by atoms with Crippen LogP contribution in [0.5, 0.6) is 0 Å². The minimum atomic E-state index is -0.608. The number of carbonyl (C=O) groups is 2. The second-order valence-electron chi connectivity index (χ2n) is 8.55. The molecule has 1 unspecified atom stereocenters. The van der Waals surface area contributed by atoms with Gasteiger partial charge in [-0.05, 0) is 45.0 Å². The number of hydrogen-bond donors (Lipinski definition) is 2. The number of alkyl carbamates (subject to hydrolysis) is 1. The van der Waals surface area contributed by atoms with Crippen molar-refractivity contribution < 1.29 is 23.5 Å². The second kappa shape index (κ2) is 10.3. The molecule has 1 aromatic carbocycles. The van der Waals surface area contributed by atoms with Gasteiger partial charge in [0.2, 0.25) is 5.91 Å². The lowest BCUT2D eigenvalue weighted by molar-refractivity contribution is -0.119. The molecule has 0 aliphatic carbocycles. The summed E-state index contributed by atoms with van der Waals surface area (Å²) in [7, 11) is 0. The van der Waals surface area contributed by atoms with Gasteiger partial charge in [0, 0.05) is 25.2 Å². The van der Waals surface area contributed by atoms with Crippen LogP contribution in [0, 0.1) is 11.7 Å². The van der Waals surface area contributed by atoms with E-state index in [0.717, 1.165) is 10.6 Å². The number of nitrogens with one attached hydrogen (secondary N) is 2. The molecule has 1 saturated heterocycles. The largest absolute Gasteiger partial charge is 0.444 e. The monoisotopic (exact) mass is 464 g/mol. The molecule has 0 spiro atoms. The summed E-state index contributed by atoms with van der Waals surface area (Å²) in [6.07, 6.45) is -0.570. The Morgan fingerprint density at radius 3 is 2.53 bits per heavy atom. The van der Waals surface area contributed by atoms with Crippen molar-refractivity contribution in [3.63, 3.8) is 0 Å². The van der Waals surface area contributed by atoms with E-state index in [2.05, 4.69) is 20.5 Å². The summed E-state index contributed by atoms with van der Waals surface area (Å²) in [5.74, 6) is -1.08. The molecule has 10 heteroatoms. The van der Waals surface area contributed by atoms with Gasteiger partial charge in [-0.3, -0.25) is 4.79 Å². The predicted octanol–water partition coefficient (Wildman–Crippen LogP) is 3.89. The van der Waals surface area contributed by atoms with Crippen molar-refractivity contribution in [2.75, 3.05) is 43.1 Å². The number of morpholine rings is 1. The first-order chi connectivity index (χ1) is 15.1. The molecule has 1 aliphatic rings. The maximum Gasteiger partial charge on any atom is 0.407 e. The Labute approximate surface area is 191 Å². The third-order valence-corrected chi connectivity index (χ3v) is 5.69. The van der Waals surface area contributed by atoms with E-state index in [9.17, 15) is 14.0 Å². The van der Waals surface area contributed by atoms with Gasteiger partial charge in [-0.1, -0.05) is 18.3 Å². The molecule has 2 heterocycles. The van der Waals surface area contributed by atoms with Crippen LogP contribution in [0.3, 0.4) is 0 Å². The molecule has 1 atom stereocenters. The molecule has 2 aromatic rings. The summed E-state index contributed by atoms with van der Waals surface area (Å²) in [4.78, 5) is 31.3. The van der Waals surface area contributed by atoms with E-state index in [1.165, 1.54) is 23.5 Å². The minimum absolute atomic E-state index is 0.132. The lowest BCUT2D eigenvalue weighted by Crippen LogP contribution is -2.37. The van der Waals surface area contributed by atoms with Gasteiger partial charge in [0.15, 0.2) is 5.13 Å². The van der Waals surface area contributed by atoms with Crippen molar-refractivity contribution in [1.29, 1.82) is 0 Å². The van der Waals surface area contributed by atoms with Crippen molar-refractivity contribution >= 4 is 33.5 Å². The standard InChI is InChI=1S/C22H29FN4O4S/c1-14(13-24-21(29)31-22(2,3)4)18(28)26-20-25-17(15-5-7-16(23)8-6-15)19(32-20)27-9-11-30-12-10-27/h5-8,14H,9-13H2,1-4H3,(H,24,29)(H,25,26,28). The molecule has 0 bridgehead atoms. The van der Waals surface area contributed by atoms with Gasteiger partial charge in [0.25, 0.3) is 0 Å². The quantitative estimate of drug-likeness (QED) is 0.674. The first kappa shape index (κ1) is 23.9. The van der Waals surface area contributed by atoms with Gasteiger partial charge in [-0.25, -0.2) is 14.2 Å². The average Bonchev–Trinajstić information content (AvgIpc) is 3.15. The van der Waals surface area contributed by atoms with Crippen LogP contribution in [0.25, 0.3) is 11.3 Å². The summed E-state index contributed by atoms with van der Waals surface area (Å²) in [6.45, 7) is 9.80. The molecular weight excluding hydrogens is 435 g/mol. The molecule has 0 saturated carbocycles. The van der Waals surface area contributed by atoms with Crippen molar-refractivity contribution in [3.8, 4) is 11.3 Å². The average molecular weight is 465 g/mol. The normalized spacial score (nSPS) is 15.2. The maximum absolute atomic E-state index is 13.4. The fourth-order valence-electron chi connectivity index (χ4n) is 3.01. The second-order valence-corrected chi connectivity index (χ2v) is 9.53. The van der Waals surface area contributed by atoms with Gasteiger partial charge >= 0.3 is 6.09 Å². The number of hydrogen-bond acceptors (Lipinski definition) is 7. The zero-order chi connectivity index (χ0) is 23.3. The SMILES string of the molecule is CC(CNC(=O)OC(C)(C)C)C(=O)Nc1nc(-c2ccc(F)cc2)c(N2CCOCC2)s1. The third-order valence-electron chi connectivity index (χ3n) is 4.65. The maximum atomic E-state index is 13.4. The van der Waals surface area contributed by atoms with E-state index in [4.69, 9.17) is 9.47 Å². The molecule has 2 amide bonds. The number of anilines is 2. The number of amides is 2. The van der Waals surface area contributed by atoms with Crippen LogP contribution in [-0.4, -0.2) is 55.4 Å². The Balaban J connectivity index is 1.71. The van der Waals surface area contributed by atoms with E-state index >= 15 is 0 Å². The Morgan fingerprint density at radius 1 is 1.25 bits per heavy atom. The number of thiazole rings is 1. The highest BCUT2D eigenvalue weighted by atomic mass is 32.1. The van der Waals surface area contributed by atoms with Gasteiger partial charge in [-0.2, -0.15) is 0 Å². The van der Waals surface area contributed by atoms with Gasteiger partial charge in [-0.15, -0.1) is 0 Å². The number of ether oxygens (including phenoxy) is 2. The van der Waals surface area contributed by atoms with Crippen LogP contribution in [-0.2, 0) is 14.3 Å². The summed E-state index contributed by atoms with van der Waals surface area (Å²) in [5, 5.41) is 6.79. The molecule has 32 heavy (non-hydrogen) atoms. The van der Waals surface area contributed by atoms with Crippen LogP contribution in [0.4, 0.5) is 19.3 Å². The zero-order valence-electron chi connectivity index (χ0n) is 18.7. The van der Waals surface area contributed by atoms with Crippen molar-refractivity contribution in [1.82, 2.24) is 10.3 Å². The van der Waals surface area contributed by atoms with E-state index < -0.39 is 17.6 Å². The minimum Gasteiger partial charge on any atom is -0.444 e. The first-order valence-corrected chi connectivity index (χ1v) is 11.3. The van der Waals surface area contributed by atoms with Gasteiger partial charge in [0.1, 0.15) is 22.1 Å². The number of benzene rings is 1. The molecule has 8 nitrogen and oxygen atoms in total. The van der Waals surface area contributed by atoms with Crippen molar-refractivity contribution in [2.45, 2.75) is 33.3 Å². The van der Waals surface area contributed by atoms with E-state index in [1.807, 2.05) is 0 Å². The number of rotatable bonds is 6. The zero-order valence-corrected chi connectivity index (χ0v) is 19.6. The molecule has 3 rings (SSSR count). The Hall–Kier alpha value is -2.72. The Morgan fingerprint density at radius 2 is 1.91 bits per heavy atom. The van der Waals surface area contributed by atoms with E-state index in [1.54, 1.807) is 39.8 Å². The highest BCUT2D eigenvalue weighted by Crippen LogP contribution is 2.39. The number of nitrogens with zero attached hydrogens (tertiary/aromatic N) is 2. The van der Waals surface area contributed by atoms with E-state index in [0.29, 0.717) is 37.1 Å². The molecule has 2 N–H and O–H groups in total. The smallest absolute Gasteiger partial charge is 0.407 e. The fraction of sp³-hybridized carbons (Fsp3) is 0.500. The lowest BCUT2D eigenvalue weighted by atomic mass is 10.1. The van der Waals surface area contributed by atoms with Gasteiger partial charge < -0.3 is 25.0 Å². The van der Waals surface area contributed by atoms with Crippen LogP contribution in [0.2, 0.25) is 0 Å². The van der Waals surface area contributed by atoms with Gasteiger partial charge in [0.05, 0.1) is 19.1 Å². The summed E-state index contributed by atoms with van der Waals surface area (Å²) in [5.41, 5.74) is 0.847.